The van der Waals surface area contributed by atoms with Crippen LogP contribution in [0.15, 0.2) is 41.5 Å². The maximum Gasteiger partial charge on any atom is 0.0562 e. The fraction of sp³-hybridized carbons (Fsp3) is 0.214. The third kappa shape index (κ3) is 2.56. The van der Waals surface area contributed by atoms with Crippen LogP contribution in [0.5, 0.6) is 0 Å². The molecule has 2 aromatic rings. The number of hydrogen-bond donors (Lipinski definition) is 1. The molecule has 0 radical (unpaired) electrons. The molecule has 3 nitrogen and oxygen atoms in total. The Bertz CT molecular complexity index is 524. The zero-order valence-electron chi connectivity index (χ0n) is 10.4. The van der Waals surface area contributed by atoms with Crippen molar-refractivity contribution in [1.82, 2.24) is 4.57 Å². The van der Waals surface area contributed by atoms with Crippen LogP contribution in [0.4, 0.5) is 5.69 Å². The monoisotopic (exact) mass is 227 g/mol. The SMILES string of the molecule is Cc1cc(/C=N\Nc2ccccc2)c(C)n1C. The van der Waals surface area contributed by atoms with E-state index in [0.717, 1.165) is 11.3 Å². The Kier molecular flexibility index (Phi) is 3.28. The normalized spacial score (nSPS) is 11.0. The van der Waals surface area contributed by atoms with E-state index >= 15 is 0 Å². The second kappa shape index (κ2) is 4.87. The van der Waals surface area contributed by atoms with Crippen LogP contribution in [0, 0.1) is 13.8 Å². The van der Waals surface area contributed by atoms with Crippen LogP contribution < -0.4 is 5.43 Å². The van der Waals surface area contributed by atoms with E-state index in [4.69, 9.17) is 0 Å². The fourth-order valence-electron chi connectivity index (χ4n) is 1.70. The molecular weight excluding hydrogens is 210 g/mol. The van der Waals surface area contributed by atoms with E-state index < -0.39 is 0 Å². The maximum absolute atomic E-state index is 4.24. The maximum atomic E-state index is 4.24. The molecule has 0 fully saturated rings. The van der Waals surface area contributed by atoms with E-state index in [1.165, 1.54) is 11.4 Å². The van der Waals surface area contributed by atoms with Crippen LogP contribution in [0.3, 0.4) is 0 Å². The summed E-state index contributed by atoms with van der Waals surface area (Å²) in [6, 6.07) is 12.1. The van der Waals surface area contributed by atoms with Gasteiger partial charge in [-0.05, 0) is 32.0 Å². The van der Waals surface area contributed by atoms with E-state index in [1.807, 2.05) is 36.5 Å². The number of para-hydroxylation sites is 1. The first kappa shape index (κ1) is 11.5. The van der Waals surface area contributed by atoms with Gasteiger partial charge in [-0.3, -0.25) is 5.43 Å². The van der Waals surface area contributed by atoms with E-state index in [1.54, 1.807) is 0 Å². The van der Waals surface area contributed by atoms with Gasteiger partial charge in [0.1, 0.15) is 0 Å². The summed E-state index contributed by atoms with van der Waals surface area (Å²) >= 11 is 0. The number of hydrogen-bond acceptors (Lipinski definition) is 2. The lowest BCUT2D eigenvalue weighted by atomic mass is 10.3. The molecule has 0 saturated carbocycles. The van der Waals surface area contributed by atoms with Crippen molar-refractivity contribution in [2.75, 3.05) is 5.43 Å². The molecule has 0 atom stereocenters. The highest BCUT2D eigenvalue weighted by molar-refractivity contribution is 5.82. The molecule has 1 N–H and O–H groups in total. The summed E-state index contributed by atoms with van der Waals surface area (Å²) in [5.74, 6) is 0. The zero-order chi connectivity index (χ0) is 12.3. The summed E-state index contributed by atoms with van der Waals surface area (Å²) in [6.07, 6.45) is 1.86. The van der Waals surface area contributed by atoms with Gasteiger partial charge in [-0.2, -0.15) is 5.10 Å². The Morgan fingerprint density at radius 3 is 2.47 bits per heavy atom. The molecule has 0 aliphatic heterocycles. The van der Waals surface area contributed by atoms with Gasteiger partial charge in [-0.1, -0.05) is 18.2 Å². The minimum Gasteiger partial charge on any atom is -0.352 e. The number of anilines is 1. The topological polar surface area (TPSA) is 29.3 Å². The van der Waals surface area contributed by atoms with Crippen LogP contribution in [0.1, 0.15) is 17.0 Å². The number of aromatic nitrogens is 1. The third-order valence-corrected chi connectivity index (χ3v) is 2.99. The summed E-state index contributed by atoms with van der Waals surface area (Å²) in [6.45, 7) is 4.19. The minimum absolute atomic E-state index is 0.994. The minimum atomic E-state index is 0.994. The van der Waals surface area contributed by atoms with Crippen molar-refractivity contribution in [3.63, 3.8) is 0 Å². The molecule has 88 valence electrons. The van der Waals surface area contributed by atoms with E-state index in [9.17, 15) is 0 Å². The molecule has 0 saturated heterocycles. The first-order valence-electron chi connectivity index (χ1n) is 5.65. The molecule has 0 unspecified atom stereocenters. The van der Waals surface area contributed by atoms with E-state index in [2.05, 4.69) is 42.1 Å². The van der Waals surface area contributed by atoms with Crippen molar-refractivity contribution in [2.24, 2.45) is 12.1 Å². The number of aryl methyl sites for hydroxylation is 1. The lowest BCUT2D eigenvalue weighted by molar-refractivity contribution is 0.843. The smallest absolute Gasteiger partial charge is 0.0562 e. The Labute approximate surface area is 102 Å². The molecular formula is C14H17N3. The van der Waals surface area contributed by atoms with Gasteiger partial charge in [0.15, 0.2) is 0 Å². The highest BCUT2D eigenvalue weighted by Crippen LogP contribution is 2.11. The summed E-state index contributed by atoms with van der Waals surface area (Å²) < 4.78 is 2.16. The zero-order valence-corrected chi connectivity index (χ0v) is 10.4. The number of hydrazone groups is 1. The van der Waals surface area contributed by atoms with Crippen molar-refractivity contribution in [2.45, 2.75) is 13.8 Å². The van der Waals surface area contributed by atoms with Crippen molar-refractivity contribution < 1.29 is 0 Å². The van der Waals surface area contributed by atoms with Crippen molar-refractivity contribution >= 4 is 11.9 Å². The summed E-state index contributed by atoms with van der Waals surface area (Å²) in [5, 5.41) is 4.24. The molecule has 17 heavy (non-hydrogen) atoms. The molecule has 0 aliphatic rings. The average molecular weight is 227 g/mol. The summed E-state index contributed by atoms with van der Waals surface area (Å²) in [4.78, 5) is 0. The second-order valence-corrected chi connectivity index (χ2v) is 4.12. The molecule has 1 aromatic heterocycles. The van der Waals surface area contributed by atoms with Crippen LogP contribution in [0.2, 0.25) is 0 Å². The predicted molar refractivity (Wildman–Crippen MR) is 72.5 cm³/mol. The molecule has 3 heteroatoms. The van der Waals surface area contributed by atoms with E-state index in [0.29, 0.717) is 0 Å². The number of rotatable bonds is 3. The molecule has 2 rings (SSSR count). The molecule has 1 heterocycles. The highest BCUT2D eigenvalue weighted by Gasteiger charge is 2.02. The van der Waals surface area contributed by atoms with Crippen molar-refractivity contribution in [3.05, 3.63) is 53.3 Å². The molecule has 0 bridgehead atoms. The van der Waals surface area contributed by atoms with Gasteiger partial charge < -0.3 is 4.57 Å². The largest absolute Gasteiger partial charge is 0.352 e. The van der Waals surface area contributed by atoms with Crippen molar-refractivity contribution in [3.8, 4) is 0 Å². The van der Waals surface area contributed by atoms with Gasteiger partial charge >= 0.3 is 0 Å². The third-order valence-electron chi connectivity index (χ3n) is 2.99. The fourth-order valence-corrected chi connectivity index (χ4v) is 1.70. The Hall–Kier alpha value is -2.03. The lowest BCUT2D eigenvalue weighted by Gasteiger charge is -2.00. The Morgan fingerprint density at radius 1 is 1.18 bits per heavy atom. The van der Waals surface area contributed by atoms with Crippen LogP contribution >= 0.6 is 0 Å². The standard InChI is InChI=1S/C14H17N3/c1-11-9-13(12(2)17(11)3)10-15-16-14-7-5-4-6-8-14/h4-10,16H,1-3H3/b15-10-. The van der Waals surface area contributed by atoms with Gasteiger partial charge in [0.05, 0.1) is 11.9 Å². The van der Waals surface area contributed by atoms with Gasteiger partial charge in [-0.15, -0.1) is 0 Å². The number of benzene rings is 1. The van der Waals surface area contributed by atoms with E-state index in [-0.39, 0.29) is 0 Å². The highest BCUT2D eigenvalue weighted by atomic mass is 15.3. The predicted octanol–water partition coefficient (Wildman–Crippen LogP) is 3.09. The second-order valence-electron chi connectivity index (χ2n) is 4.12. The Morgan fingerprint density at radius 2 is 1.88 bits per heavy atom. The quantitative estimate of drug-likeness (QED) is 0.633. The first-order valence-corrected chi connectivity index (χ1v) is 5.65. The van der Waals surface area contributed by atoms with Gasteiger partial charge in [-0.25, -0.2) is 0 Å². The summed E-state index contributed by atoms with van der Waals surface area (Å²) in [5.41, 5.74) is 7.61. The van der Waals surface area contributed by atoms with Gasteiger partial charge in [0.25, 0.3) is 0 Å². The average Bonchev–Trinajstić information content (AvgIpc) is 2.59. The lowest BCUT2D eigenvalue weighted by Crippen LogP contribution is -1.95. The molecule has 0 spiro atoms. The molecule has 1 aromatic carbocycles. The van der Waals surface area contributed by atoms with Crippen LogP contribution in [-0.4, -0.2) is 10.8 Å². The summed E-state index contributed by atoms with van der Waals surface area (Å²) in [7, 11) is 2.06. The van der Waals surface area contributed by atoms with Gasteiger partial charge in [0, 0.05) is 24.0 Å². The number of nitrogens with one attached hydrogen (secondary N) is 1. The number of nitrogens with zero attached hydrogens (tertiary/aromatic N) is 2. The molecule has 0 aliphatic carbocycles. The van der Waals surface area contributed by atoms with Crippen LogP contribution in [-0.2, 0) is 7.05 Å². The van der Waals surface area contributed by atoms with Gasteiger partial charge in [0.2, 0.25) is 0 Å². The Balaban J connectivity index is 2.08. The molecule has 0 amide bonds. The van der Waals surface area contributed by atoms with Crippen LogP contribution in [0.25, 0.3) is 0 Å². The van der Waals surface area contributed by atoms with Crippen molar-refractivity contribution in [1.29, 1.82) is 0 Å². The first-order chi connectivity index (χ1) is 8.18.